The summed E-state index contributed by atoms with van der Waals surface area (Å²) in [7, 11) is 0. The lowest BCUT2D eigenvalue weighted by Crippen LogP contribution is -2.43. The summed E-state index contributed by atoms with van der Waals surface area (Å²) >= 11 is 0. The lowest BCUT2D eigenvalue weighted by Gasteiger charge is -2.38. The molecule has 2 heterocycles. The van der Waals surface area contributed by atoms with Crippen LogP contribution in [0.2, 0.25) is 0 Å². The first-order valence-electron chi connectivity index (χ1n) is 6.86. The van der Waals surface area contributed by atoms with Crippen molar-refractivity contribution in [2.75, 3.05) is 11.4 Å². The zero-order valence-corrected chi connectivity index (χ0v) is 11.4. The van der Waals surface area contributed by atoms with Crippen molar-refractivity contribution in [2.24, 2.45) is 5.92 Å². The van der Waals surface area contributed by atoms with E-state index in [-0.39, 0.29) is 12.0 Å². The van der Waals surface area contributed by atoms with Crippen LogP contribution >= 0.6 is 0 Å². The fourth-order valence-electron chi connectivity index (χ4n) is 2.98. The van der Waals surface area contributed by atoms with Gasteiger partial charge in [-0.2, -0.15) is 10.2 Å². The van der Waals surface area contributed by atoms with Crippen molar-refractivity contribution < 1.29 is 9.90 Å². The van der Waals surface area contributed by atoms with Gasteiger partial charge in [0.15, 0.2) is 0 Å². The maximum Gasteiger partial charge on any atom is 0.306 e. The molecule has 5 nitrogen and oxygen atoms in total. The van der Waals surface area contributed by atoms with Crippen LogP contribution in [0.1, 0.15) is 19.8 Å². The molecule has 0 spiro atoms. The number of anilines is 1. The maximum absolute atomic E-state index is 11.1. The van der Waals surface area contributed by atoms with Crippen molar-refractivity contribution in [1.82, 2.24) is 10.2 Å². The molecule has 2 atom stereocenters. The van der Waals surface area contributed by atoms with Crippen molar-refractivity contribution in [3.63, 3.8) is 0 Å². The second-order valence-electron chi connectivity index (χ2n) is 5.35. The van der Waals surface area contributed by atoms with E-state index in [0.29, 0.717) is 12.8 Å². The summed E-state index contributed by atoms with van der Waals surface area (Å²) in [6.07, 6.45) is 3.13. The SMILES string of the molecule is CC1CC(C(=O)O)CCN1c1cnnc2ccccc12. The van der Waals surface area contributed by atoms with Crippen LogP contribution in [0.25, 0.3) is 10.9 Å². The Bertz CT molecular complexity index is 639. The number of nitrogens with zero attached hydrogens (tertiary/aromatic N) is 3. The van der Waals surface area contributed by atoms with Crippen LogP contribution in [-0.2, 0) is 4.79 Å². The van der Waals surface area contributed by atoms with Crippen molar-refractivity contribution in [3.05, 3.63) is 30.5 Å². The number of fused-ring (bicyclic) bond motifs is 1. The van der Waals surface area contributed by atoms with Gasteiger partial charge in [0, 0.05) is 18.0 Å². The molecule has 0 radical (unpaired) electrons. The highest BCUT2D eigenvalue weighted by Gasteiger charge is 2.30. The summed E-state index contributed by atoms with van der Waals surface area (Å²) in [5, 5.41) is 18.4. The van der Waals surface area contributed by atoms with Crippen LogP contribution in [0, 0.1) is 5.92 Å². The van der Waals surface area contributed by atoms with Crippen LogP contribution in [0.3, 0.4) is 0 Å². The minimum absolute atomic E-state index is 0.192. The predicted octanol–water partition coefficient (Wildman–Crippen LogP) is 2.32. The highest BCUT2D eigenvalue weighted by molar-refractivity contribution is 5.91. The molecule has 1 N–H and O–H groups in total. The first kappa shape index (κ1) is 12.8. The normalized spacial score (nSPS) is 22.9. The van der Waals surface area contributed by atoms with Gasteiger partial charge in [0.25, 0.3) is 0 Å². The molecule has 0 aliphatic carbocycles. The largest absolute Gasteiger partial charge is 0.481 e. The fourth-order valence-corrected chi connectivity index (χ4v) is 2.98. The third kappa shape index (κ3) is 2.19. The van der Waals surface area contributed by atoms with E-state index in [1.165, 1.54) is 0 Å². The molecular weight excluding hydrogens is 254 g/mol. The van der Waals surface area contributed by atoms with Crippen molar-refractivity contribution in [2.45, 2.75) is 25.8 Å². The van der Waals surface area contributed by atoms with Gasteiger partial charge in [0.05, 0.1) is 23.3 Å². The van der Waals surface area contributed by atoms with Gasteiger partial charge in [-0.3, -0.25) is 4.79 Å². The highest BCUT2D eigenvalue weighted by Crippen LogP contribution is 2.31. The fraction of sp³-hybridized carbons (Fsp3) is 0.400. The molecule has 1 aromatic heterocycles. The number of hydrogen-bond donors (Lipinski definition) is 1. The van der Waals surface area contributed by atoms with Gasteiger partial charge in [-0.15, -0.1) is 0 Å². The molecule has 1 saturated heterocycles. The summed E-state index contributed by atoms with van der Waals surface area (Å²) in [5.74, 6) is -0.920. The molecule has 1 aliphatic rings. The van der Waals surface area contributed by atoms with Gasteiger partial charge in [-0.1, -0.05) is 18.2 Å². The molecule has 0 saturated carbocycles. The first-order valence-corrected chi connectivity index (χ1v) is 6.86. The minimum atomic E-state index is -0.686. The number of rotatable bonds is 2. The quantitative estimate of drug-likeness (QED) is 0.908. The molecule has 1 aromatic carbocycles. The average Bonchev–Trinajstić information content (AvgIpc) is 2.46. The van der Waals surface area contributed by atoms with Crippen molar-refractivity contribution in [3.8, 4) is 0 Å². The number of piperidine rings is 1. The Morgan fingerprint density at radius 3 is 2.95 bits per heavy atom. The molecule has 2 unspecified atom stereocenters. The van der Waals surface area contributed by atoms with Crippen LogP contribution in [0.15, 0.2) is 30.5 Å². The predicted molar refractivity (Wildman–Crippen MR) is 76.7 cm³/mol. The molecule has 3 rings (SSSR count). The Morgan fingerprint density at radius 2 is 2.20 bits per heavy atom. The van der Waals surface area contributed by atoms with Gasteiger partial charge in [-0.05, 0) is 25.8 Å². The second kappa shape index (κ2) is 5.07. The summed E-state index contributed by atoms with van der Waals surface area (Å²) in [6.45, 7) is 2.82. The van der Waals surface area contributed by atoms with Crippen LogP contribution < -0.4 is 4.90 Å². The van der Waals surface area contributed by atoms with E-state index in [1.54, 1.807) is 6.20 Å². The first-order chi connectivity index (χ1) is 9.66. The van der Waals surface area contributed by atoms with Crippen molar-refractivity contribution >= 4 is 22.6 Å². The number of hydrogen-bond acceptors (Lipinski definition) is 4. The molecule has 0 bridgehead atoms. The van der Waals surface area contributed by atoms with Crippen LogP contribution in [0.5, 0.6) is 0 Å². The zero-order valence-electron chi connectivity index (χ0n) is 11.4. The van der Waals surface area contributed by atoms with Gasteiger partial charge >= 0.3 is 5.97 Å². The van der Waals surface area contributed by atoms with Gasteiger partial charge in [-0.25, -0.2) is 0 Å². The van der Waals surface area contributed by atoms with Gasteiger partial charge < -0.3 is 10.0 Å². The number of benzene rings is 1. The topological polar surface area (TPSA) is 66.3 Å². The Morgan fingerprint density at radius 1 is 1.40 bits per heavy atom. The number of carbonyl (C=O) groups is 1. The Kier molecular flexibility index (Phi) is 3.26. The van der Waals surface area contributed by atoms with E-state index >= 15 is 0 Å². The van der Waals surface area contributed by atoms with Crippen LogP contribution in [-0.4, -0.2) is 33.9 Å². The lowest BCUT2D eigenvalue weighted by molar-refractivity contribution is -0.142. The molecule has 1 aliphatic heterocycles. The molecule has 104 valence electrons. The lowest BCUT2D eigenvalue weighted by atomic mass is 9.91. The third-order valence-corrected chi connectivity index (χ3v) is 4.06. The smallest absolute Gasteiger partial charge is 0.306 e. The molecule has 2 aromatic rings. The molecule has 20 heavy (non-hydrogen) atoms. The number of carboxylic acids is 1. The number of aliphatic carboxylic acids is 1. The molecule has 0 amide bonds. The number of carboxylic acid groups (broad SMARTS) is 1. The summed E-state index contributed by atoms with van der Waals surface area (Å²) < 4.78 is 0. The van der Waals surface area contributed by atoms with E-state index in [0.717, 1.165) is 23.1 Å². The molecule has 1 fully saturated rings. The average molecular weight is 271 g/mol. The third-order valence-electron chi connectivity index (χ3n) is 4.06. The minimum Gasteiger partial charge on any atom is -0.481 e. The zero-order chi connectivity index (χ0) is 14.1. The summed E-state index contributed by atoms with van der Waals surface area (Å²) in [4.78, 5) is 13.4. The number of aromatic nitrogens is 2. The Balaban J connectivity index is 1.94. The van der Waals surface area contributed by atoms with E-state index < -0.39 is 5.97 Å². The maximum atomic E-state index is 11.1. The standard InChI is InChI=1S/C15H17N3O2/c1-10-8-11(15(19)20)6-7-18(10)14-9-16-17-13-5-3-2-4-12(13)14/h2-5,9-11H,6-8H2,1H3,(H,19,20). The van der Waals surface area contributed by atoms with E-state index in [4.69, 9.17) is 5.11 Å². The van der Waals surface area contributed by atoms with E-state index in [9.17, 15) is 4.79 Å². The Hall–Kier alpha value is -2.17. The van der Waals surface area contributed by atoms with Crippen LogP contribution in [0.4, 0.5) is 5.69 Å². The highest BCUT2D eigenvalue weighted by atomic mass is 16.4. The molecule has 5 heteroatoms. The van der Waals surface area contributed by atoms with Gasteiger partial charge in [0.2, 0.25) is 0 Å². The van der Waals surface area contributed by atoms with E-state index in [1.807, 2.05) is 24.3 Å². The molecular formula is C15H17N3O2. The monoisotopic (exact) mass is 271 g/mol. The van der Waals surface area contributed by atoms with Gasteiger partial charge in [0.1, 0.15) is 0 Å². The van der Waals surface area contributed by atoms with Crippen molar-refractivity contribution in [1.29, 1.82) is 0 Å². The second-order valence-corrected chi connectivity index (χ2v) is 5.35. The Labute approximate surface area is 117 Å². The summed E-state index contributed by atoms with van der Waals surface area (Å²) in [6, 6.07) is 8.11. The summed E-state index contributed by atoms with van der Waals surface area (Å²) in [5.41, 5.74) is 1.92. The van der Waals surface area contributed by atoms with E-state index in [2.05, 4.69) is 22.0 Å².